The van der Waals surface area contributed by atoms with Crippen LogP contribution in [0, 0.1) is 20.8 Å². The first-order valence-electron chi connectivity index (χ1n) is 10.7. The molecule has 0 bridgehead atoms. The van der Waals surface area contributed by atoms with Crippen molar-refractivity contribution in [2.45, 2.75) is 50.1 Å². The van der Waals surface area contributed by atoms with Crippen molar-refractivity contribution in [1.29, 1.82) is 0 Å². The van der Waals surface area contributed by atoms with Gasteiger partial charge in [-0.05, 0) is 49.4 Å². The minimum Gasteiger partial charge on any atom is -0.207 e. The van der Waals surface area contributed by atoms with E-state index in [0.717, 1.165) is 27.8 Å². The fourth-order valence-corrected chi connectivity index (χ4v) is 7.14. The zero-order chi connectivity index (χ0) is 22.2. The van der Waals surface area contributed by atoms with E-state index in [1.807, 2.05) is 75.4 Å². The largest absolute Gasteiger partial charge is 0.244 e. The summed E-state index contributed by atoms with van der Waals surface area (Å²) in [5, 5.41) is 0. The number of aryl methyl sites for hydroxylation is 3. The van der Waals surface area contributed by atoms with Gasteiger partial charge in [-0.2, -0.15) is 4.31 Å². The second kappa shape index (κ2) is 8.45. The fraction of sp³-hybridized carbons (Fsp3) is 0.259. The number of hydrogen-bond acceptors (Lipinski definition) is 2. The molecule has 0 aliphatic carbocycles. The van der Waals surface area contributed by atoms with Gasteiger partial charge in [0.05, 0.1) is 10.9 Å². The van der Waals surface area contributed by atoms with Crippen LogP contribution in [0.1, 0.15) is 33.7 Å². The van der Waals surface area contributed by atoms with Crippen LogP contribution in [0.3, 0.4) is 0 Å². The molecule has 0 amide bonds. The van der Waals surface area contributed by atoms with E-state index in [9.17, 15) is 8.42 Å². The third-order valence-corrected chi connectivity index (χ3v) is 8.39. The van der Waals surface area contributed by atoms with Crippen molar-refractivity contribution in [2.24, 2.45) is 0 Å². The van der Waals surface area contributed by atoms with Crippen molar-refractivity contribution in [1.82, 2.24) is 4.31 Å². The van der Waals surface area contributed by atoms with Gasteiger partial charge in [-0.15, -0.1) is 6.58 Å². The number of sulfonamides is 1. The first-order valence-corrected chi connectivity index (χ1v) is 12.1. The van der Waals surface area contributed by atoms with E-state index in [1.165, 1.54) is 0 Å². The van der Waals surface area contributed by atoms with E-state index in [2.05, 4.69) is 30.8 Å². The van der Waals surface area contributed by atoms with Crippen molar-refractivity contribution in [3.63, 3.8) is 0 Å². The van der Waals surface area contributed by atoms with Crippen LogP contribution >= 0.6 is 0 Å². The van der Waals surface area contributed by atoms with Gasteiger partial charge in [0, 0.05) is 12.0 Å². The summed E-state index contributed by atoms with van der Waals surface area (Å²) in [4.78, 5) is 0.439. The second-order valence-electron chi connectivity index (χ2n) is 8.48. The summed E-state index contributed by atoms with van der Waals surface area (Å²) in [5.74, 6) is -0.0595. The van der Waals surface area contributed by atoms with E-state index in [-0.39, 0.29) is 18.0 Å². The maximum atomic E-state index is 13.9. The molecule has 1 fully saturated rings. The first kappa shape index (κ1) is 21.5. The topological polar surface area (TPSA) is 37.1 Å². The molecule has 0 aromatic heterocycles. The van der Waals surface area contributed by atoms with Gasteiger partial charge in [0.15, 0.2) is 0 Å². The molecule has 1 heterocycles. The molecule has 1 saturated heterocycles. The van der Waals surface area contributed by atoms with Crippen molar-refractivity contribution in [3.05, 3.63) is 113 Å². The Kier molecular flexibility index (Phi) is 5.87. The smallest absolute Gasteiger partial charge is 0.207 e. The standard InChI is InChI=1S/C27H29NO2S/c1-5-24(23-14-10-7-11-15-23)26-25(18-22-12-8-6-9-13-22)28(26)31(29,30)27-20(3)16-19(2)17-21(27)4/h5-17,24-26H,1,18H2,2-4H3/t24?,25-,26+,28?/m0/s1. The van der Waals surface area contributed by atoms with Crippen molar-refractivity contribution in [2.75, 3.05) is 0 Å². The zero-order valence-electron chi connectivity index (χ0n) is 18.3. The lowest BCUT2D eigenvalue weighted by atomic mass is 9.92. The quantitative estimate of drug-likeness (QED) is 0.362. The van der Waals surface area contributed by atoms with Crippen LogP contribution in [0.15, 0.2) is 90.3 Å². The summed E-state index contributed by atoms with van der Waals surface area (Å²) in [7, 11) is -3.64. The molecule has 1 aliphatic heterocycles. The van der Waals surface area contributed by atoms with Crippen LogP contribution < -0.4 is 0 Å². The molecule has 0 saturated carbocycles. The Morgan fingerprint density at radius 1 is 0.935 bits per heavy atom. The van der Waals surface area contributed by atoms with Crippen LogP contribution in [-0.4, -0.2) is 24.8 Å². The van der Waals surface area contributed by atoms with Gasteiger partial charge in [-0.3, -0.25) is 0 Å². The summed E-state index contributed by atoms with van der Waals surface area (Å²) < 4.78 is 29.5. The predicted molar refractivity (Wildman–Crippen MR) is 127 cm³/mol. The van der Waals surface area contributed by atoms with Crippen molar-refractivity contribution in [3.8, 4) is 0 Å². The minimum atomic E-state index is -3.64. The molecule has 3 aromatic rings. The lowest BCUT2D eigenvalue weighted by Crippen LogP contribution is -2.20. The van der Waals surface area contributed by atoms with E-state index in [0.29, 0.717) is 11.3 Å². The van der Waals surface area contributed by atoms with Gasteiger partial charge in [-0.1, -0.05) is 84.4 Å². The van der Waals surface area contributed by atoms with E-state index >= 15 is 0 Å². The monoisotopic (exact) mass is 431 g/mol. The highest BCUT2D eigenvalue weighted by molar-refractivity contribution is 7.89. The van der Waals surface area contributed by atoms with E-state index in [4.69, 9.17) is 0 Å². The molecule has 0 radical (unpaired) electrons. The third-order valence-electron chi connectivity index (χ3n) is 6.16. The maximum absolute atomic E-state index is 13.9. The summed E-state index contributed by atoms with van der Waals surface area (Å²) >= 11 is 0. The molecule has 2 unspecified atom stereocenters. The lowest BCUT2D eigenvalue weighted by Gasteiger charge is -2.16. The first-order chi connectivity index (χ1) is 14.8. The lowest BCUT2D eigenvalue weighted by molar-refractivity contribution is 0.538. The molecule has 1 aliphatic rings. The summed E-state index contributed by atoms with van der Waals surface area (Å²) in [6, 6.07) is 23.8. The Bertz CT molecular complexity index is 1160. The Hall–Kier alpha value is -2.69. The Labute approximate surface area is 186 Å². The summed E-state index contributed by atoms with van der Waals surface area (Å²) in [5.41, 5.74) is 4.91. The Balaban J connectivity index is 1.77. The number of rotatable bonds is 7. The average molecular weight is 432 g/mol. The third kappa shape index (κ3) is 4.10. The highest BCUT2D eigenvalue weighted by atomic mass is 32.2. The molecule has 4 heteroatoms. The van der Waals surface area contributed by atoms with Crippen molar-refractivity contribution < 1.29 is 8.42 Å². The molecule has 0 N–H and O–H groups in total. The van der Waals surface area contributed by atoms with Crippen LogP contribution in [0.2, 0.25) is 0 Å². The Morgan fingerprint density at radius 3 is 2.03 bits per heavy atom. The van der Waals surface area contributed by atoms with E-state index in [1.54, 1.807) is 4.31 Å². The molecule has 0 spiro atoms. The van der Waals surface area contributed by atoms with Gasteiger partial charge in [0.25, 0.3) is 0 Å². The van der Waals surface area contributed by atoms with Crippen molar-refractivity contribution >= 4 is 10.0 Å². The van der Waals surface area contributed by atoms with Gasteiger partial charge in [0.2, 0.25) is 10.0 Å². The molecule has 4 atom stereocenters. The molecular weight excluding hydrogens is 402 g/mol. The molecule has 31 heavy (non-hydrogen) atoms. The zero-order valence-corrected chi connectivity index (χ0v) is 19.1. The summed E-state index contributed by atoms with van der Waals surface area (Å²) in [6.07, 6.45) is 2.58. The number of hydrogen-bond donors (Lipinski definition) is 0. The van der Waals surface area contributed by atoms with Gasteiger partial charge in [-0.25, -0.2) is 8.42 Å². The number of nitrogens with zero attached hydrogens (tertiary/aromatic N) is 1. The van der Waals surface area contributed by atoms with Gasteiger partial charge in [0.1, 0.15) is 0 Å². The normalized spacial score (nSPS) is 21.5. The highest BCUT2D eigenvalue weighted by Crippen LogP contribution is 2.47. The van der Waals surface area contributed by atoms with Gasteiger partial charge >= 0.3 is 0 Å². The average Bonchev–Trinajstić information content (AvgIpc) is 3.43. The molecule has 3 nitrogen and oxygen atoms in total. The van der Waals surface area contributed by atoms with E-state index < -0.39 is 10.0 Å². The number of benzene rings is 3. The van der Waals surface area contributed by atoms with Gasteiger partial charge < -0.3 is 0 Å². The fourth-order valence-electron chi connectivity index (χ4n) is 4.91. The maximum Gasteiger partial charge on any atom is 0.244 e. The van der Waals surface area contributed by atoms with Crippen LogP contribution in [0.25, 0.3) is 0 Å². The predicted octanol–water partition coefficient (Wildman–Crippen LogP) is 5.57. The van der Waals surface area contributed by atoms with Crippen LogP contribution in [0.5, 0.6) is 0 Å². The SMILES string of the molecule is C=CC(c1ccccc1)[C@@H]1[C@H](Cc2ccccc2)N1S(=O)(=O)c1c(C)cc(C)cc1C. The Morgan fingerprint density at radius 2 is 1.48 bits per heavy atom. The molecule has 160 valence electrons. The van der Waals surface area contributed by atoms with Crippen LogP contribution in [0.4, 0.5) is 0 Å². The minimum absolute atomic E-state index is 0.0595. The second-order valence-corrected chi connectivity index (χ2v) is 10.3. The van der Waals surface area contributed by atoms with Crippen LogP contribution in [-0.2, 0) is 16.4 Å². The molecule has 4 rings (SSSR count). The molecular formula is C27H29NO2S. The highest BCUT2D eigenvalue weighted by Gasteiger charge is 2.58. The summed E-state index contributed by atoms with van der Waals surface area (Å²) in [6.45, 7) is 9.83. The molecule has 3 aromatic carbocycles.